The molecule has 0 amide bonds. The second-order valence-electron chi connectivity index (χ2n) is 1.96. The number of aromatic nitrogens is 1. The number of rotatable bonds is 0. The summed E-state index contributed by atoms with van der Waals surface area (Å²) in [5, 5.41) is 3.77. The predicted molar refractivity (Wildman–Crippen MR) is 44.6 cm³/mol. The number of hydrogen-bond acceptors (Lipinski definition) is 2. The van der Waals surface area contributed by atoms with Gasteiger partial charge in [0.15, 0.2) is 0 Å². The second-order valence-corrected chi connectivity index (χ2v) is 3.27. The molecule has 0 atom stereocenters. The summed E-state index contributed by atoms with van der Waals surface area (Å²) in [4.78, 5) is 3.97. The van der Waals surface area contributed by atoms with Crippen molar-refractivity contribution in [2.24, 2.45) is 0 Å². The monoisotopic (exact) mass is 169 g/mol. The van der Waals surface area contributed by atoms with Crippen LogP contribution in [0, 0.1) is 0 Å². The molecule has 0 fully saturated rings. The highest BCUT2D eigenvalue weighted by atomic mass is 35.5. The van der Waals surface area contributed by atoms with Gasteiger partial charge in [-0.05, 0) is 6.07 Å². The molecule has 10 heavy (non-hydrogen) atoms. The van der Waals surface area contributed by atoms with Crippen LogP contribution in [0.1, 0.15) is 0 Å². The fraction of sp³-hybridized carbons (Fsp3) is 0. The van der Waals surface area contributed by atoms with E-state index in [0.717, 1.165) is 10.4 Å². The fourth-order valence-electron chi connectivity index (χ4n) is 0.843. The van der Waals surface area contributed by atoms with Gasteiger partial charge in [0, 0.05) is 27.9 Å². The third-order valence-corrected chi connectivity index (χ3v) is 2.73. The Bertz CT molecular complexity index is 355. The molecular weight excluding hydrogens is 166 g/mol. The summed E-state index contributed by atoms with van der Waals surface area (Å²) >= 11 is 7.48. The van der Waals surface area contributed by atoms with E-state index in [1.165, 1.54) is 4.70 Å². The Kier molecular flexibility index (Phi) is 1.36. The van der Waals surface area contributed by atoms with Gasteiger partial charge in [0.1, 0.15) is 0 Å². The number of thiophene rings is 1. The highest BCUT2D eigenvalue weighted by molar-refractivity contribution is 7.17. The van der Waals surface area contributed by atoms with Gasteiger partial charge in [0.2, 0.25) is 0 Å². The van der Waals surface area contributed by atoms with E-state index in [2.05, 4.69) is 4.98 Å². The van der Waals surface area contributed by atoms with Crippen molar-refractivity contribution in [2.45, 2.75) is 0 Å². The van der Waals surface area contributed by atoms with Crippen LogP contribution in [0.5, 0.6) is 0 Å². The number of pyridine rings is 1. The van der Waals surface area contributed by atoms with Crippen molar-refractivity contribution in [3.63, 3.8) is 0 Å². The number of halogens is 1. The van der Waals surface area contributed by atoms with Gasteiger partial charge in [-0.3, -0.25) is 4.98 Å². The molecule has 0 aliphatic heterocycles. The van der Waals surface area contributed by atoms with Gasteiger partial charge >= 0.3 is 0 Å². The smallest absolute Gasteiger partial charge is 0.0607 e. The molecule has 2 aromatic rings. The second kappa shape index (κ2) is 2.22. The Labute approximate surface area is 67.3 Å². The van der Waals surface area contributed by atoms with Crippen LogP contribution >= 0.6 is 22.9 Å². The first-order valence-electron chi connectivity index (χ1n) is 2.84. The van der Waals surface area contributed by atoms with Crippen LogP contribution in [0.25, 0.3) is 10.1 Å². The quantitative estimate of drug-likeness (QED) is 0.591. The zero-order valence-corrected chi connectivity index (χ0v) is 6.62. The van der Waals surface area contributed by atoms with Crippen molar-refractivity contribution in [3.05, 3.63) is 28.9 Å². The summed E-state index contributed by atoms with van der Waals surface area (Å²) in [6, 6.07) is 1.96. The van der Waals surface area contributed by atoms with Gasteiger partial charge in [-0.15, -0.1) is 11.3 Å². The van der Waals surface area contributed by atoms with Gasteiger partial charge in [0.25, 0.3) is 0 Å². The molecule has 0 aromatic carbocycles. The van der Waals surface area contributed by atoms with Crippen LogP contribution in [0.3, 0.4) is 0 Å². The summed E-state index contributed by atoms with van der Waals surface area (Å²) in [5.74, 6) is 0. The Morgan fingerprint density at radius 1 is 1.50 bits per heavy atom. The van der Waals surface area contributed by atoms with Crippen molar-refractivity contribution < 1.29 is 0 Å². The molecule has 0 N–H and O–H groups in total. The molecule has 1 nitrogen and oxygen atoms in total. The lowest BCUT2D eigenvalue weighted by atomic mass is 10.3. The molecule has 0 saturated carbocycles. The average Bonchev–Trinajstić information content (AvgIpc) is 2.34. The van der Waals surface area contributed by atoms with Crippen LogP contribution < -0.4 is 0 Å². The first kappa shape index (κ1) is 6.13. The lowest BCUT2D eigenvalue weighted by Gasteiger charge is -1.84. The van der Waals surface area contributed by atoms with Gasteiger partial charge in [0.05, 0.1) is 5.02 Å². The third kappa shape index (κ3) is 0.805. The molecule has 3 heteroatoms. The van der Waals surface area contributed by atoms with Gasteiger partial charge in [-0.1, -0.05) is 11.6 Å². The van der Waals surface area contributed by atoms with E-state index in [1.54, 1.807) is 23.7 Å². The number of fused-ring (bicyclic) bond motifs is 1. The molecule has 0 saturated heterocycles. The molecule has 50 valence electrons. The highest BCUT2D eigenvalue weighted by Gasteiger charge is 1.98. The molecule has 0 bridgehead atoms. The van der Waals surface area contributed by atoms with Crippen LogP contribution in [0.4, 0.5) is 0 Å². The molecule has 0 radical (unpaired) electrons. The van der Waals surface area contributed by atoms with E-state index in [0.29, 0.717) is 0 Å². The maximum absolute atomic E-state index is 5.84. The van der Waals surface area contributed by atoms with E-state index < -0.39 is 0 Å². The van der Waals surface area contributed by atoms with E-state index >= 15 is 0 Å². The molecule has 0 unspecified atom stereocenters. The molecule has 2 aromatic heterocycles. The van der Waals surface area contributed by atoms with Crippen molar-refractivity contribution >= 4 is 33.0 Å². The topological polar surface area (TPSA) is 12.9 Å². The van der Waals surface area contributed by atoms with Crippen LogP contribution in [-0.2, 0) is 0 Å². The molecule has 0 spiro atoms. The zero-order chi connectivity index (χ0) is 6.97. The van der Waals surface area contributed by atoms with Gasteiger partial charge in [-0.25, -0.2) is 0 Å². The number of hydrogen-bond donors (Lipinski definition) is 0. The number of nitrogens with zero attached hydrogens (tertiary/aromatic N) is 1. The van der Waals surface area contributed by atoms with E-state index in [-0.39, 0.29) is 0 Å². The maximum atomic E-state index is 5.84. The van der Waals surface area contributed by atoms with E-state index in [1.807, 2.05) is 11.4 Å². The fourth-order valence-corrected chi connectivity index (χ4v) is 1.97. The average molecular weight is 170 g/mol. The van der Waals surface area contributed by atoms with Gasteiger partial charge in [-0.2, -0.15) is 0 Å². The Morgan fingerprint density at radius 3 is 3.20 bits per heavy atom. The Morgan fingerprint density at radius 2 is 2.40 bits per heavy atom. The molecule has 0 aliphatic carbocycles. The van der Waals surface area contributed by atoms with Crippen molar-refractivity contribution in [2.75, 3.05) is 0 Å². The van der Waals surface area contributed by atoms with E-state index in [9.17, 15) is 0 Å². The summed E-state index contributed by atoms with van der Waals surface area (Å²) < 4.78 is 1.19. The maximum Gasteiger partial charge on any atom is 0.0607 e. The summed E-state index contributed by atoms with van der Waals surface area (Å²) in [7, 11) is 0. The Hall–Kier alpha value is -0.600. The lowest BCUT2D eigenvalue weighted by Crippen LogP contribution is -1.66. The molecular formula is C7H4ClNS. The molecule has 2 rings (SSSR count). The van der Waals surface area contributed by atoms with E-state index in [4.69, 9.17) is 11.6 Å². The Balaban J connectivity index is 2.93. The highest BCUT2D eigenvalue weighted by Crippen LogP contribution is 2.28. The summed E-state index contributed by atoms with van der Waals surface area (Å²) in [6.07, 6.45) is 3.56. The molecule has 2 heterocycles. The van der Waals surface area contributed by atoms with Crippen LogP contribution in [0.2, 0.25) is 5.02 Å². The standard InChI is InChI=1S/C7H4ClNS/c8-6-4-10-7-1-2-9-3-5(6)7/h1-4H. The normalized spacial score (nSPS) is 10.5. The van der Waals surface area contributed by atoms with Crippen LogP contribution in [-0.4, -0.2) is 4.98 Å². The van der Waals surface area contributed by atoms with Crippen molar-refractivity contribution in [1.82, 2.24) is 4.98 Å². The zero-order valence-electron chi connectivity index (χ0n) is 5.04. The minimum atomic E-state index is 0.799. The van der Waals surface area contributed by atoms with Crippen molar-refractivity contribution in [1.29, 1.82) is 0 Å². The first-order valence-corrected chi connectivity index (χ1v) is 4.10. The van der Waals surface area contributed by atoms with Crippen LogP contribution in [0.15, 0.2) is 23.8 Å². The summed E-state index contributed by atoms with van der Waals surface area (Å²) in [6.45, 7) is 0. The molecule has 0 aliphatic rings. The predicted octanol–water partition coefficient (Wildman–Crippen LogP) is 2.95. The largest absolute Gasteiger partial charge is 0.264 e. The SMILES string of the molecule is Clc1csc2ccncc12. The minimum Gasteiger partial charge on any atom is -0.264 e. The first-order chi connectivity index (χ1) is 4.88. The minimum absolute atomic E-state index is 0.799. The third-order valence-electron chi connectivity index (χ3n) is 1.33. The summed E-state index contributed by atoms with van der Waals surface area (Å²) in [5.41, 5.74) is 0. The van der Waals surface area contributed by atoms with Crippen molar-refractivity contribution in [3.8, 4) is 0 Å². The van der Waals surface area contributed by atoms with Gasteiger partial charge < -0.3 is 0 Å². The lowest BCUT2D eigenvalue weighted by molar-refractivity contribution is 1.37.